The van der Waals surface area contributed by atoms with Crippen molar-refractivity contribution in [3.8, 4) is 0 Å². The van der Waals surface area contributed by atoms with Gasteiger partial charge in [-0.15, -0.1) is 0 Å². The second-order valence-electron chi connectivity index (χ2n) is 1.15. The zero-order chi connectivity index (χ0) is 8.36. The van der Waals surface area contributed by atoms with Crippen LogP contribution in [0.5, 0.6) is 0 Å². The minimum absolute atomic E-state index is 2.41. The number of hydrogen-bond acceptors (Lipinski definition) is 1. The molecule has 0 aromatic heterocycles. The molecule has 1 radical (unpaired) electrons. The van der Waals surface area contributed by atoms with Crippen LogP contribution in [0.2, 0.25) is 0 Å². The Kier molecular flexibility index (Phi) is 2.95. The number of hydrogen-bond donors (Lipinski definition) is 0. The van der Waals surface area contributed by atoms with Crippen LogP contribution in [-0.4, -0.2) is 12.8 Å². The summed E-state index contributed by atoms with van der Waals surface area (Å²) < 4.78 is 68.1. The fourth-order valence-electron chi connectivity index (χ4n) is 0.145. The molecule has 0 aliphatic rings. The van der Waals surface area contributed by atoms with Gasteiger partial charge in [-0.05, 0) is 0 Å². The molecule has 0 aromatic rings. The Morgan fingerprint density at radius 1 is 1.20 bits per heavy atom. The highest BCUT2D eigenvalue weighted by atomic mass is 19.4. The van der Waals surface area contributed by atoms with E-state index in [1.54, 1.807) is 0 Å². The topological polar surface area (TPSA) is 9.23 Å². The van der Waals surface area contributed by atoms with Gasteiger partial charge in [0, 0.05) is 0 Å². The lowest BCUT2D eigenvalue weighted by Gasteiger charge is -2.09. The predicted octanol–water partition coefficient (Wildman–Crippen LogP) is 2.25. The summed E-state index contributed by atoms with van der Waals surface area (Å²) in [6, 6.07) is 0. The molecule has 0 heterocycles. The molecule has 0 saturated carbocycles. The first kappa shape index (κ1) is 9.54. The molecule has 0 spiro atoms. The van der Waals surface area contributed by atoms with Crippen LogP contribution in [-0.2, 0) is 4.74 Å². The van der Waals surface area contributed by atoms with Gasteiger partial charge in [0.05, 0.1) is 0 Å². The maximum atomic E-state index is 11.2. The van der Waals surface area contributed by atoms with E-state index in [-0.39, 0.29) is 0 Å². The average Bonchev–Trinajstić information content (AvgIpc) is 1.60. The molecule has 0 bridgehead atoms. The smallest absolute Gasteiger partial charge is 0.272 e. The van der Waals surface area contributed by atoms with E-state index in [0.717, 1.165) is 0 Å². The Bertz CT molecular complexity index is 97.7. The molecule has 0 N–H and O–H groups in total. The lowest BCUT2D eigenvalue weighted by atomic mass is 10.7. The third kappa shape index (κ3) is 3.54. The summed E-state index contributed by atoms with van der Waals surface area (Å²) in [5.74, 6) is 0. The summed E-state index contributed by atoms with van der Waals surface area (Å²) in [5.41, 5.74) is 0. The molecule has 0 aliphatic heterocycles. The van der Waals surface area contributed by atoms with E-state index in [0.29, 0.717) is 0 Å². The van der Waals surface area contributed by atoms with Crippen molar-refractivity contribution < 1.29 is 31.1 Å². The highest BCUT2D eigenvalue weighted by Crippen LogP contribution is 2.31. The minimum atomic E-state index is -5.46. The molecule has 0 aliphatic carbocycles. The zero-order valence-electron chi connectivity index (χ0n) is 4.25. The molecular weight excluding hydrogens is 166 g/mol. The van der Waals surface area contributed by atoms with Gasteiger partial charge in [-0.3, -0.25) is 4.74 Å². The molecule has 0 saturated heterocycles. The molecule has 61 valence electrons. The molecule has 0 amide bonds. The van der Waals surface area contributed by atoms with Crippen molar-refractivity contribution in [2.24, 2.45) is 0 Å². The molecule has 0 atom stereocenters. The Balaban J connectivity index is 3.73. The van der Waals surface area contributed by atoms with E-state index in [2.05, 4.69) is 4.74 Å². The van der Waals surface area contributed by atoms with Gasteiger partial charge in [0.1, 0.15) is 0 Å². The van der Waals surface area contributed by atoms with E-state index in [1.165, 1.54) is 0 Å². The van der Waals surface area contributed by atoms with Gasteiger partial charge in [-0.25, -0.2) is 0 Å². The lowest BCUT2D eigenvalue weighted by Crippen LogP contribution is -2.21. The summed E-state index contributed by atoms with van der Waals surface area (Å²) in [7, 11) is 0. The molecule has 1 nitrogen and oxygen atoms in total. The Hall–Kier alpha value is -0.460. The van der Waals surface area contributed by atoms with Crippen molar-refractivity contribution in [1.82, 2.24) is 0 Å². The van der Waals surface area contributed by atoms with Gasteiger partial charge in [-0.1, -0.05) is 0 Å². The average molecular weight is 167 g/mol. The molecule has 0 rings (SSSR count). The van der Waals surface area contributed by atoms with Crippen molar-refractivity contribution in [2.45, 2.75) is 12.8 Å². The molecule has 0 aromatic carbocycles. The van der Waals surface area contributed by atoms with Crippen molar-refractivity contribution in [1.29, 1.82) is 0 Å². The van der Waals surface area contributed by atoms with Gasteiger partial charge >= 0.3 is 19.1 Å². The summed E-state index contributed by atoms with van der Waals surface area (Å²) in [5, 5.41) is 0. The quantitative estimate of drug-likeness (QED) is 0.573. The van der Waals surface area contributed by atoms with E-state index < -0.39 is 19.1 Å². The zero-order valence-corrected chi connectivity index (χ0v) is 4.25. The van der Waals surface area contributed by atoms with Crippen molar-refractivity contribution in [2.75, 3.05) is 0 Å². The van der Waals surface area contributed by atoms with Crippen LogP contribution in [0, 0.1) is 6.36 Å². The minimum Gasteiger partial charge on any atom is -0.272 e. The third-order valence-electron chi connectivity index (χ3n) is 0.415. The van der Waals surface area contributed by atoms with Gasteiger partial charge in [0.15, 0.2) is 0 Å². The van der Waals surface area contributed by atoms with Gasteiger partial charge in [0.25, 0.3) is 0 Å². The van der Waals surface area contributed by atoms with E-state index in [1.807, 2.05) is 0 Å². The largest absolute Gasteiger partial charge is 0.455 e. The normalized spacial score (nSPS) is 13.2. The van der Waals surface area contributed by atoms with Crippen LogP contribution in [0.15, 0.2) is 0 Å². The lowest BCUT2D eigenvalue weighted by molar-refractivity contribution is -0.252. The Morgan fingerprint density at radius 2 is 1.60 bits per heavy atom. The number of alkyl halides is 5. The van der Waals surface area contributed by atoms with E-state index >= 15 is 0 Å². The second kappa shape index (κ2) is 3.09. The van der Waals surface area contributed by atoms with Crippen LogP contribution in [0.4, 0.5) is 26.3 Å². The third-order valence-corrected chi connectivity index (χ3v) is 0.415. The summed E-state index contributed by atoms with van der Waals surface area (Å²) >= 11 is 0. The Labute approximate surface area is 51.6 Å². The monoisotopic (exact) mass is 167 g/mol. The predicted molar refractivity (Wildman–Crippen MR) is 17.5 cm³/mol. The van der Waals surface area contributed by atoms with Crippen LogP contribution in [0.1, 0.15) is 0 Å². The van der Waals surface area contributed by atoms with Crippen LogP contribution >= 0.6 is 0 Å². The highest BCUT2D eigenvalue weighted by molar-refractivity contribution is 4.72. The summed E-state index contributed by atoms with van der Waals surface area (Å²) in [6.45, 7) is -3.79. The van der Waals surface area contributed by atoms with Gasteiger partial charge in [-0.2, -0.15) is 26.3 Å². The van der Waals surface area contributed by atoms with Crippen molar-refractivity contribution >= 4 is 0 Å². The molecule has 7 heteroatoms. The van der Waals surface area contributed by atoms with Crippen molar-refractivity contribution in [3.05, 3.63) is 6.36 Å². The van der Waals surface area contributed by atoms with Crippen LogP contribution in [0.3, 0.4) is 0 Å². The van der Waals surface area contributed by atoms with E-state index in [9.17, 15) is 26.3 Å². The second-order valence-corrected chi connectivity index (χ2v) is 1.15. The number of ether oxygens (including phenoxy) is 1. The maximum absolute atomic E-state index is 11.2. The van der Waals surface area contributed by atoms with E-state index in [4.69, 9.17) is 0 Å². The number of rotatable bonds is 2. The maximum Gasteiger partial charge on any atom is 0.455 e. The van der Waals surface area contributed by atoms with Crippen LogP contribution < -0.4 is 0 Å². The van der Waals surface area contributed by atoms with Crippen molar-refractivity contribution in [3.63, 3.8) is 0 Å². The SMILES string of the molecule is F[C](OC(F)F)C(F)(F)F. The summed E-state index contributed by atoms with van der Waals surface area (Å²) in [6.07, 6.45) is -8.60. The first-order valence-corrected chi connectivity index (χ1v) is 1.88. The Morgan fingerprint density at radius 3 is 1.70 bits per heavy atom. The summed E-state index contributed by atoms with van der Waals surface area (Å²) in [4.78, 5) is 0. The molecule has 10 heavy (non-hydrogen) atoms. The molecule has 0 unspecified atom stereocenters. The highest BCUT2D eigenvalue weighted by Gasteiger charge is 2.45. The van der Waals surface area contributed by atoms with Gasteiger partial charge < -0.3 is 0 Å². The standard InChI is InChI=1S/C3HF6O/c4-1(3(7,8)9)10-2(5)6/h2H. The first-order valence-electron chi connectivity index (χ1n) is 1.88. The molecule has 0 fully saturated rings. The molecular formula is C3HF6O. The fourth-order valence-corrected chi connectivity index (χ4v) is 0.145. The number of halogens is 6. The van der Waals surface area contributed by atoms with Gasteiger partial charge in [0.2, 0.25) is 0 Å². The van der Waals surface area contributed by atoms with Crippen LogP contribution in [0.25, 0.3) is 0 Å². The first-order chi connectivity index (χ1) is 4.34. The fraction of sp³-hybridized carbons (Fsp3) is 0.667.